The molecule has 2 aromatic carbocycles. The molecule has 0 N–H and O–H groups in total. The summed E-state index contributed by atoms with van der Waals surface area (Å²) < 4.78 is 0. The van der Waals surface area contributed by atoms with Crippen molar-refractivity contribution < 1.29 is 19.2 Å². The Morgan fingerprint density at radius 2 is 1.31 bits per heavy atom. The van der Waals surface area contributed by atoms with Crippen molar-refractivity contribution in [1.29, 1.82) is 0 Å². The maximum Gasteiger partial charge on any atom is 0.274 e. The summed E-state index contributed by atoms with van der Waals surface area (Å²) in [6, 6.07) is 8.61. The van der Waals surface area contributed by atoms with Crippen molar-refractivity contribution in [1.82, 2.24) is 10.0 Å². The van der Waals surface area contributed by atoms with Gasteiger partial charge < -0.3 is 0 Å². The van der Waals surface area contributed by atoms with Crippen molar-refractivity contribution in [3.05, 3.63) is 79.8 Å². The first-order valence-corrected chi connectivity index (χ1v) is 13.0. The third-order valence-corrected chi connectivity index (χ3v) is 8.90. The molecule has 3 fully saturated rings. The minimum Gasteiger partial charge on any atom is -0.292 e. The maximum atomic E-state index is 13.7. The van der Waals surface area contributed by atoms with Gasteiger partial charge in [-0.25, -0.2) is 5.01 Å². The zero-order valence-corrected chi connectivity index (χ0v) is 21.6. The molecule has 2 aromatic rings. The number of hydrogen-bond acceptors (Lipinski definition) is 4. The summed E-state index contributed by atoms with van der Waals surface area (Å²) in [4.78, 5) is 54.5. The van der Waals surface area contributed by atoms with E-state index in [0.717, 1.165) is 16.4 Å². The highest BCUT2D eigenvalue weighted by Crippen LogP contribution is 2.65. The molecule has 1 aliphatic heterocycles. The number of rotatable bonds is 5. The van der Waals surface area contributed by atoms with E-state index in [1.807, 2.05) is 12.2 Å². The summed E-state index contributed by atoms with van der Waals surface area (Å²) >= 11 is 24.5. The van der Waals surface area contributed by atoms with E-state index >= 15 is 0 Å². The second-order valence-electron chi connectivity index (χ2n) is 9.68. The van der Waals surface area contributed by atoms with E-state index in [0.29, 0.717) is 21.9 Å². The molecular formula is C26H18Cl4N2O4. The number of halogens is 4. The lowest BCUT2D eigenvalue weighted by Crippen LogP contribution is -2.52. The van der Waals surface area contributed by atoms with Crippen LogP contribution in [0, 0.1) is 35.5 Å². The average molecular weight is 564 g/mol. The van der Waals surface area contributed by atoms with Crippen molar-refractivity contribution >= 4 is 69.9 Å². The summed E-state index contributed by atoms with van der Waals surface area (Å²) in [6.07, 6.45) is 5.08. The van der Waals surface area contributed by atoms with Crippen LogP contribution in [0.2, 0.25) is 20.1 Å². The molecule has 36 heavy (non-hydrogen) atoms. The van der Waals surface area contributed by atoms with Crippen LogP contribution in [0.1, 0.15) is 27.1 Å². The first kappa shape index (κ1) is 24.0. The lowest BCUT2D eigenvalue weighted by Gasteiger charge is -2.37. The third kappa shape index (κ3) is 3.61. The van der Waals surface area contributed by atoms with Crippen LogP contribution in [-0.4, -0.2) is 40.1 Å². The van der Waals surface area contributed by atoms with Gasteiger partial charge in [-0.2, -0.15) is 5.01 Å². The molecule has 6 nitrogen and oxygen atoms in total. The number of ketones is 1. The van der Waals surface area contributed by atoms with Crippen molar-refractivity contribution in [2.75, 3.05) is 6.54 Å². The van der Waals surface area contributed by atoms with Crippen LogP contribution in [-0.2, 0) is 9.59 Å². The molecule has 4 aliphatic carbocycles. The quantitative estimate of drug-likeness (QED) is 0.270. The van der Waals surface area contributed by atoms with Crippen LogP contribution in [0.15, 0.2) is 48.6 Å². The summed E-state index contributed by atoms with van der Waals surface area (Å²) in [7, 11) is 0. The number of benzene rings is 2. The molecule has 2 saturated carbocycles. The zero-order valence-electron chi connectivity index (χ0n) is 18.5. The highest BCUT2D eigenvalue weighted by Gasteiger charge is 2.68. The third-order valence-electron chi connectivity index (χ3n) is 7.80. The minimum absolute atomic E-state index is 0.00971. The number of hydrogen-bond donors (Lipinski definition) is 0. The number of allylic oxidation sites excluding steroid dienone is 2. The monoisotopic (exact) mass is 562 g/mol. The van der Waals surface area contributed by atoms with E-state index in [1.165, 1.54) is 36.4 Å². The number of carbonyl (C=O) groups excluding carboxylic acids is 4. The van der Waals surface area contributed by atoms with Crippen LogP contribution in [0.25, 0.3) is 0 Å². The zero-order chi connectivity index (χ0) is 25.5. The molecule has 0 unspecified atom stereocenters. The molecule has 0 aromatic heterocycles. The predicted octanol–water partition coefficient (Wildman–Crippen LogP) is 5.59. The fourth-order valence-electron chi connectivity index (χ4n) is 6.15. The molecule has 3 amide bonds. The van der Waals surface area contributed by atoms with Crippen LogP contribution in [0.3, 0.4) is 0 Å². The second kappa shape index (κ2) is 8.59. The van der Waals surface area contributed by atoms with E-state index in [-0.39, 0.29) is 33.0 Å². The summed E-state index contributed by atoms with van der Waals surface area (Å²) in [5.41, 5.74) is 0.121. The van der Waals surface area contributed by atoms with Gasteiger partial charge in [-0.15, -0.1) is 0 Å². The van der Waals surface area contributed by atoms with Crippen LogP contribution in [0.5, 0.6) is 0 Å². The Labute approximate surface area is 226 Å². The van der Waals surface area contributed by atoms with Gasteiger partial charge in [0.25, 0.3) is 17.7 Å². The van der Waals surface area contributed by atoms with E-state index in [1.54, 1.807) is 0 Å². The Bertz CT molecular complexity index is 1360. The minimum atomic E-state index is -0.763. The highest BCUT2D eigenvalue weighted by atomic mass is 35.5. The average Bonchev–Trinajstić information content (AvgIpc) is 3.61. The summed E-state index contributed by atoms with van der Waals surface area (Å²) in [5, 5.41) is 2.55. The molecular weight excluding hydrogens is 546 g/mol. The molecule has 2 bridgehead atoms. The van der Waals surface area contributed by atoms with Gasteiger partial charge >= 0.3 is 0 Å². The molecule has 5 aliphatic rings. The molecule has 0 radical (unpaired) electrons. The van der Waals surface area contributed by atoms with Gasteiger partial charge in [0.15, 0.2) is 5.78 Å². The van der Waals surface area contributed by atoms with E-state index in [2.05, 4.69) is 0 Å². The molecule has 7 rings (SSSR count). The lowest BCUT2D eigenvalue weighted by molar-refractivity contribution is -0.154. The number of Topliss-reactive ketones (excluding diaryl/α,β-unsaturated/α-hetero) is 1. The van der Waals surface area contributed by atoms with Crippen molar-refractivity contribution in [3.63, 3.8) is 0 Å². The summed E-state index contributed by atoms with van der Waals surface area (Å²) in [6.45, 7) is -0.592. The Kier molecular flexibility index (Phi) is 5.72. The second-order valence-corrected chi connectivity index (χ2v) is 11.4. The van der Waals surface area contributed by atoms with Gasteiger partial charge in [0.2, 0.25) is 0 Å². The maximum absolute atomic E-state index is 13.7. The molecule has 6 atom stereocenters. The number of amides is 3. The largest absolute Gasteiger partial charge is 0.292 e. The van der Waals surface area contributed by atoms with Gasteiger partial charge in [0, 0.05) is 15.6 Å². The first-order valence-electron chi connectivity index (χ1n) is 11.5. The molecule has 184 valence electrons. The Balaban J connectivity index is 1.39. The van der Waals surface area contributed by atoms with Gasteiger partial charge in [0.05, 0.1) is 27.4 Å². The number of hydrazine groups is 1. The Morgan fingerprint density at radius 1 is 0.806 bits per heavy atom. The molecule has 1 heterocycles. The summed E-state index contributed by atoms with van der Waals surface area (Å²) in [5.74, 6) is -2.64. The Hall–Kier alpha value is -2.38. The highest BCUT2D eigenvalue weighted by molar-refractivity contribution is 6.37. The Morgan fingerprint density at radius 3 is 1.81 bits per heavy atom. The van der Waals surface area contributed by atoms with E-state index in [9.17, 15) is 19.2 Å². The van der Waals surface area contributed by atoms with Crippen molar-refractivity contribution in [3.8, 4) is 0 Å². The normalized spacial score (nSPS) is 29.3. The molecule has 0 spiro atoms. The predicted molar refractivity (Wildman–Crippen MR) is 135 cm³/mol. The number of carbonyl (C=O) groups is 4. The van der Waals surface area contributed by atoms with Crippen molar-refractivity contribution in [2.45, 2.75) is 6.42 Å². The van der Waals surface area contributed by atoms with Crippen LogP contribution in [0.4, 0.5) is 0 Å². The fourth-order valence-corrected chi connectivity index (χ4v) is 7.15. The lowest BCUT2D eigenvalue weighted by atomic mass is 9.63. The molecule has 1 saturated heterocycles. The van der Waals surface area contributed by atoms with Crippen LogP contribution < -0.4 is 0 Å². The van der Waals surface area contributed by atoms with Gasteiger partial charge in [0.1, 0.15) is 6.54 Å². The smallest absolute Gasteiger partial charge is 0.274 e. The van der Waals surface area contributed by atoms with E-state index < -0.39 is 41.9 Å². The van der Waals surface area contributed by atoms with Gasteiger partial charge in [-0.05, 0) is 66.5 Å². The van der Waals surface area contributed by atoms with E-state index in [4.69, 9.17) is 46.4 Å². The SMILES string of the molecule is O=C(CN(C(=O)c1ccc(Cl)cc1Cl)N1C(=O)[C@@H]2[C@H]3C=C[C@@H]([C@@H]4C[C@H]34)[C@H]2C1=O)c1ccc(Cl)cc1Cl. The molecule has 10 heteroatoms. The standard InChI is InChI=1S/C26H18Cl4N2O4/c27-11-1-3-15(19(29)7-11)21(33)10-31(24(34)16-4-2-12(28)8-20(16)30)32-25(35)22-13-5-6-14(18-9-17(13)18)23(22)26(32)36/h1-8,13-14,17-18,22-23H,9-10H2/t13-,14-,17-,18+,22+,23+/m0/s1. The van der Waals surface area contributed by atoms with Crippen molar-refractivity contribution in [2.24, 2.45) is 35.5 Å². The number of nitrogens with zero attached hydrogens (tertiary/aromatic N) is 2. The van der Waals surface area contributed by atoms with Gasteiger partial charge in [-0.3, -0.25) is 19.2 Å². The first-order chi connectivity index (χ1) is 17.2. The van der Waals surface area contributed by atoms with Crippen LogP contribution >= 0.6 is 46.4 Å². The fraction of sp³-hybridized carbons (Fsp3) is 0.308. The number of imide groups is 1. The van der Waals surface area contributed by atoms with Gasteiger partial charge in [-0.1, -0.05) is 58.6 Å². The topological polar surface area (TPSA) is 74.8 Å².